The van der Waals surface area contributed by atoms with E-state index in [4.69, 9.17) is 4.74 Å². The molecule has 0 saturated carbocycles. The van der Waals surface area contributed by atoms with Gasteiger partial charge in [0.2, 0.25) is 5.69 Å². The average Bonchev–Trinajstić information content (AvgIpc) is 2.80. The Hall–Kier alpha value is -3.91. The molecular weight excluding hydrogens is 502 g/mol. The molecule has 0 fully saturated rings. The Morgan fingerprint density at radius 2 is 1.37 bits per heavy atom. The van der Waals surface area contributed by atoms with E-state index >= 15 is 0 Å². The minimum absolute atomic E-state index is 0.0513. The third-order valence-corrected chi connectivity index (χ3v) is 5.62. The number of pyridine rings is 1. The fourth-order valence-electron chi connectivity index (χ4n) is 3.79. The van der Waals surface area contributed by atoms with Gasteiger partial charge < -0.3 is 35.1 Å². The molecule has 14 nitrogen and oxygen atoms in total. The first-order valence-electron chi connectivity index (χ1n) is 12.1. The zero-order valence-electron chi connectivity index (χ0n) is 21.6. The van der Waals surface area contributed by atoms with E-state index in [0.29, 0.717) is 4.73 Å². The highest BCUT2D eigenvalue weighted by atomic mass is 16.5. The van der Waals surface area contributed by atoms with Crippen LogP contribution in [-0.2, 0) is 25.7 Å². The first-order valence-corrected chi connectivity index (χ1v) is 12.1. The maximum absolute atomic E-state index is 12.5. The molecule has 3 N–H and O–H groups in total. The van der Waals surface area contributed by atoms with E-state index in [1.165, 1.54) is 23.2 Å². The van der Waals surface area contributed by atoms with Gasteiger partial charge in [-0.25, -0.2) is 4.79 Å². The van der Waals surface area contributed by atoms with Crippen molar-refractivity contribution in [1.29, 1.82) is 0 Å². The average molecular weight is 538 g/mol. The van der Waals surface area contributed by atoms with Crippen LogP contribution in [-0.4, -0.2) is 124 Å². The van der Waals surface area contributed by atoms with Crippen LogP contribution in [0.3, 0.4) is 0 Å². The van der Waals surface area contributed by atoms with Crippen LogP contribution >= 0.6 is 0 Å². The van der Waals surface area contributed by atoms with Crippen molar-refractivity contribution >= 4 is 23.9 Å². The van der Waals surface area contributed by atoms with Crippen LogP contribution in [0.5, 0.6) is 0 Å². The molecule has 0 spiro atoms. The summed E-state index contributed by atoms with van der Waals surface area (Å²) in [6.07, 6.45) is 4.01. The van der Waals surface area contributed by atoms with Crippen LogP contribution in [0, 0.1) is 5.21 Å². The second-order valence-corrected chi connectivity index (χ2v) is 9.16. The predicted octanol–water partition coefficient (Wildman–Crippen LogP) is -0.668. The lowest BCUT2D eigenvalue weighted by Gasteiger charge is -2.31. The van der Waals surface area contributed by atoms with Gasteiger partial charge in [-0.1, -0.05) is 0 Å². The minimum Gasteiger partial charge on any atom is -0.618 e. The van der Waals surface area contributed by atoms with Gasteiger partial charge in [-0.3, -0.25) is 24.2 Å². The van der Waals surface area contributed by atoms with Crippen LogP contribution in [0.2, 0.25) is 0 Å². The van der Waals surface area contributed by atoms with Crippen LogP contribution in [0.25, 0.3) is 0 Å². The number of nitrogens with zero attached hydrogens (tertiary/aromatic N) is 5. The van der Waals surface area contributed by atoms with Gasteiger partial charge in [0.25, 0.3) is 0 Å². The van der Waals surface area contributed by atoms with E-state index < -0.39 is 23.9 Å². The monoisotopic (exact) mass is 537 g/mol. The second-order valence-electron chi connectivity index (χ2n) is 9.16. The summed E-state index contributed by atoms with van der Waals surface area (Å²) < 4.78 is 5.82. The molecule has 0 atom stereocenters. The minimum atomic E-state index is -1.07. The lowest BCUT2D eigenvalue weighted by Crippen LogP contribution is -2.45. The van der Waals surface area contributed by atoms with Crippen molar-refractivity contribution in [3.05, 3.63) is 47.2 Å². The standard InChI is InChI=1S/C24H35N5O9/c1-18(2)38-24(36)19-3-4-29(37)20(13-19)14-25-5-7-26(15-21(30)31)9-11-28(17-23(34)35)12-10-27(8-6-25)16-22(32)33/h3-5,7,13,18H,6,8-12,14-17H2,1-2H3,(H,30,31)(H,32,33)(H,34,35)/b7-5-. The number of carbonyl (C=O) groups is 4. The highest BCUT2D eigenvalue weighted by molar-refractivity contribution is 5.89. The lowest BCUT2D eigenvalue weighted by molar-refractivity contribution is -0.615. The topological polar surface area (TPSA) is 178 Å². The number of aromatic nitrogens is 1. The quantitative estimate of drug-likeness (QED) is 0.195. The molecule has 1 aromatic heterocycles. The highest BCUT2D eigenvalue weighted by Gasteiger charge is 2.20. The molecule has 1 aromatic rings. The molecule has 0 aromatic carbocycles. The fourth-order valence-corrected chi connectivity index (χ4v) is 3.79. The van der Waals surface area contributed by atoms with Crippen LogP contribution < -0.4 is 4.73 Å². The maximum Gasteiger partial charge on any atom is 0.338 e. The summed E-state index contributed by atoms with van der Waals surface area (Å²) in [5.74, 6) is -3.72. The summed E-state index contributed by atoms with van der Waals surface area (Å²) in [6.45, 7) is 4.15. The molecule has 1 aliphatic rings. The molecule has 0 aliphatic carbocycles. The maximum atomic E-state index is 12.5. The van der Waals surface area contributed by atoms with E-state index in [-0.39, 0.29) is 82.8 Å². The Kier molecular flexibility index (Phi) is 11.8. The molecule has 1 aliphatic heterocycles. The third-order valence-electron chi connectivity index (χ3n) is 5.62. The van der Waals surface area contributed by atoms with E-state index in [0.717, 1.165) is 0 Å². The first kappa shape index (κ1) is 30.3. The van der Waals surface area contributed by atoms with Crippen molar-refractivity contribution in [2.45, 2.75) is 26.5 Å². The SMILES string of the molecule is CC(C)OC(=O)c1cc[n+]([O-])c(CN2/C=C\N(CC(=O)O)CCN(CC(=O)O)CCN(CC(=O)O)CC2)c1. The van der Waals surface area contributed by atoms with Gasteiger partial charge >= 0.3 is 23.9 Å². The Labute approximate surface area is 220 Å². The number of aliphatic carboxylic acids is 3. The molecule has 210 valence electrons. The molecule has 14 heteroatoms. The molecule has 2 heterocycles. The summed E-state index contributed by atoms with van der Waals surface area (Å²) in [4.78, 5) is 53.0. The van der Waals surface area contributed by atoms with E-state index in [1.54, 1.807) is 40.9 Å². The van der Waals surface area contributed by atoms with Gasteiger partial charge in [0.15, 0.2) is 6.20 Å². The van der Waals surface area contributed by atoms with Crippen molar-refractivity contribution in [1.82, 2.24) is 19.6 Å². The number of carboxylic acids is 3. The number of ether oxygens (including phenoxy) is 1. The zero-order chi connectivity index (χ0) is 28.2. The smallest absolute Gasteiger partial charge is 0.338 e. The van der Waals surface area contributed by atoms with Crippen LogP contribution in [0.4, 0.5) is 0 Å². The van der Waals surface area contributed by atoms with Crippen molar-refractivity contribution < 1.29 is 44.0 Å². The Morgan fingerprint density at radius 1 is 0.868 bits per heavy atom. The predicted molar refractivity (Wildman–Crippen MR) is 133 cm³/mol. The summed E-state index contributed by atoms with van der Waals surface area (Å²) in [6, 6.07) is 2.79. The Morgan fingerprint density at radius 3 is 1.89 bits per heavy atom. The molecule has 38 heavy (non-hydrogen) atoms. The number of carboxylic acid groups (broad SMARTS) is 3. The number of rotatable bonds is 10. The van der Waals surface area contributed by atoms with Gasteiger partial charge in [-0.2, -0.15) is 4.73 Å². The molecule has 2 rings (SSSR count). The van der Waals surface area contributed by atoms with E-state index in [1.807, 2.05) is 0 Å². The molecule has 0 bridgehead atoms. The first-order chi connectivity index (χ1) is 17.9. The number of esters is 1. The van der Waals surface area contributed by atoms with Gasteiger partial charge in [0, 0.05) is 63.8 Å². The third kappa shape index (κ3) is 11.0. The van der Waals surface area contributed by atoms with Gasteiger partial charge in [-0.15, -0.1) is 0 Å². The molecule has 0 unspecified atom stereocenters. The number of hydrogen-bond donors (Lipinski definition) is 3. The van der Waals surface area contributed by atoms with E-state index in [9.17, 15) is 39.7 Å². The van der Waals surface area contributed by atoms with Crippen molar-refractivity contribution in [2.24, 2.45) is 0 Å². The summed E-state index contributed by atoms with van der Waals surface area (Å²) in [5.41, 5.74) is 0.444. The molecule has 0 saturated heterocycles. The van der Waals surface area contributed by atoms with Gasteiger partial charge in [0.05, 0.1) is 24.8 Å². The second kappa shape index (κ2) is 14.7. The summed E-state index contributed by atoms with van der Waals surface area (Å²) in [7, 11) is 0. The number of carbonyl (C=O) groups excluding carboxylic acids is 1. The highest BCUT2D eigenvalue weighted by Crippen LogP contribution is 2.09. The normalized spacial score (nSPS) is 16.9. The van der Waals surface area contributed by atoms with Crippen molar-refractivity contribution in [2.75, 3.05) is 58.9 Å². The molecular formula is C24H35N5O9. The Bertz CT molecular complexity index is 1020. The fraction of sp³-hybridized carbons (Fsp3) is 0.542. The zero-order valence-corrected chi connectivity index (χ0v) is 21.6. The van der Waals surface area contributed by atoms with E-state index in [2.05, 4.69) is 0 Å². The number of hydrogen-bond acceptors (Lipinski definition) is 10. The summed E-state index contributed by atoms with van der Waals surface area (Å²) >= 11 is 0. The summed E-state index contributed by atoms with van der Waals surface area (Å²) in [5, 5.41) is 40.4. The molecule has 0 amide bonds. The lowest BCUT2D eigenvalue weighted by atomic mass is 10.2. The van der Waals surface area contributed by atoms with Gasteiger partial charge in [0.1, 0.15) is 13.1 Å². The van der Waals surface area contributed by atoms with Crippen LogP contribution in [0.15, 0.2) is 30.7 Å². The molecule has 0 radical (unpaired) electrons. The van der Waals surface area contributed by atoms with Gasteiger partial charge in [-0.05, 0) is 13.8 Å². The van der Waals surface area contributed by atoms with Crippen molar-refractivity contribution in [3.63, 3.8) is 0 Å². The van der Waals surface area contributed by atoms with Crippen molar-refractivity contribution in [3.8, 4) is 0 Å². The Balaban J connectivity index is 2.33. The van der Waals surface area contributed by atoms with Crippen LogP contribution in [0.1, 0.15) is 29.9 Å². The largest absolute Gasteiger partial charge is 0.618 e.